The number of fused-ring (bicyclic) bond motifs is 2. The molecule has 33 heavy (non-hydrogen) atoms. The minimum atomic E-state index is -3.93. The lowest BCUT2D eigenvalue weighted by Gasteiger charge is -2.09. The van der Waals surface area contributed by atoms with Crippen molar-refractivity contribution in [3.63, 3.8) is 0 Å². The van der Waals surface area contributed by atoms with Crippen molar-refractivity contribution in [2.24, 2.45) is 0 Å². The SMILES string of the molecule is COc1ccc(Cn2c(N)c(S(=O)(=O)c3ccc(C)cc3)c3nc4ccccc4nc32)cc1. The van der Waals surface area contributed by atoms with E-state index >= 15 is 0 Å². The molecule has 5 rings (SSSR count). The van der Waals surface area contributed by atoms with Crippen LogP contribution in [-0.4, -0.2) is 30.1 Å². The van der Waals surface area contributed by atoms with Gasteiger partial charge >= 0.3 is 0 Å². The van der Waals surface area contributed by atoms with Gasteiger partial charge in [-0.15, -0.1) is 0 Å². The van der Waals surface area contributed by atoms with Crippen molar-refractivity contribution in [1.82, 2.24) is 14.5 Å². The zero-order valence-electron chi connectivity index (χ0n) is 18.2. The van der Waals surface area contributed by atoms with Crippen molar-refractivity contribution < 1.29 is 13.2 Å². The number of aromatic nitrogens is 3. The Labute approximate surface area is 191 Å². The molecule has 8 heteroatoms. The lowest BCUT2D eigenvalue weighted by Crippen LogP contribution is -2.09. The van der Waals surface area contributed by atoms with E-state index in [1.165, 1.54) is 0 Å². The number of hydrogen-bond donors (Lipinski definition) is 1. The number of anilines is 1. The van der Waals surface area contributed by atoms with E-state index in [2.05, 4.69) is 4.98 Å². The third-order valence-electron chi connectivity index (χ3n) is 5.65. The maximum atomic E-state index is 13.7. The summed E-state index contributed by atoms with van der Waals surface area (Å²) in [6, 6.07) is 21.6. The summed E-state index contributed by atoms with van der Waals surface area (Å²) in [7, 11) is -2.33. The van der Waals surface area contributed by atoms with Crippen LogP contribution in [0.5, 0.6) is 5.75 Å². The van der Waals surface area contributed by atoms with Gasteiger partial charge in [0, 0.05) is 0 Å². The van der Waals surface area contributed by atoms with Crippen LogP contribution in [0.1, 0.15) is 11.1 Å². The van der Waals surface area contributed by atoms with E-state index in [1.807, 2.05) is 49.4 Å². The molecule has 2 heterocycles. The summed E-state index contributed by atoms with van der Waals surface area (Å²) in [6.07, 6.45) is 0. The van der Waals surface area contributed by atoms with E-state index in [9.17, 15) is 8.42 Å². The molecule has 2 aromatic heterocycles. The summed E-state index contributed by atoms with van der Waals surface area (Å²) in [5.74, 6) is 0.842. The lowest BCUT2D eigenvalue weighted by atomic mass is 10.2. The number of hydrogen-bond acceptors (Lipinski definition) is 6. The first-order valence-electron chi connectivity index (χ1n) is 10.4. The highest BCUT2D eigenvalue weighted by molar-refractivity contribution is 7.92. The summed E-state index contributed by atoms with van der Waals surface area (Å²) >= 11 is 0. The molecule has 0 aliphatic rings. The van der Waals surface area contributed by atoms with Crippen LogP contribution in [0.15, 0.2) is 82.6 Å². The molecule has 0 aliphatic heterocycles. The molecule has 3 aromatic carbocycles. The highest BCUT2D eigenvalue weighted by atomic mass is 32.2. The number of nitrogens with zero attached hydrogens (tertiary/aromatic N) is 3. The van der Waals surface area contributed by atoms with E-state index < -0.39 is 9.84 Å². The predicted molar refractivity (Wildman–Crippen MR) is 128 cm³/mol. The van der Waals surface area contributed by atoms with Crippen molar-refractivity contribution >= 4 is 37.9 Å². The Morgan fingerprint density at radius 3 is 2.18 bits per heavy atom. The van der Waals surface area contributed by atoms with Gasteiger partial charge in [-0.2, -0.15) is 0 Å². The quantitative estimate of drug-likeness (QED) is 0.420. The van der Waals surface area contributed by atoms with E-state index in [-0.39, 0.29) is 21.1 Å². The number of sulfone groups is 1. The van der Waals surface area contributed by atoms with Gasteiger partial charge in [0.2, 0.25) is 9.84 Å². The van der Waals surface area contributed by atoms with Gasteiger partial charge in [0.25, 0.3) is 0 Å². The minimum Gasteiger partial charge on any atom is -0.497 e. The van der Waals surface area contributed by atoms with Crippen molar-refractivity contribution in [2.45, 2.75) is 23.3 Å². The normalized spacial score (nSPS) is 11.8. The minimum absolute atomic E-state index is 0.0203. The molecule has 0 unspecified atom stereocenters. The number of ether oxygens (including phenoxy) is 1. The second-order valence-corrected chi connectivity index (χ2v) is 9.74. The average Bonchev–Trinajstić information content (AvgIpc) is 3.09. The molecule has 0 saturated heterocycles. The highest BCUT2D eigenvalue weighted by Crippen LogP contribution is 2.35. The third kappa shape index (κ3) is 3.58. The molecule has 0 fully saturated rings. The summed E-state index contributed by atoms with van der Waals surface area (Å²) in [6.45, 7) is 2.24. The Balaban J connectivity index is 1.77. The molecule has 166 valence electrons. The molecule has 0 saturated carbocycles. The number of rotatable bonds is 5. The van der Waals surface area contributed by atoms with Gasteiger partial charge < -0.3 is 15.0 Å². The molecule has 2 N–H and O–H groups in total. The summed E-state index contributed by atoms with van der Waals surface area (Å²) < 4.78 is 34.3. The maximum Gasteiger partial charge on any atom is 0.212 e. The Morgan fingerprint density at radius 1 is 0.909 bits per heavy atom. The number of nitrogen functional groups attached to an aromatic ring is 1. The van der Waals surface area contributed by atoms with Crippen LogP contribution < -0.4 is 10.5 Å². The van der Waals surface area contributed by atoms with Crippen LogP contribution in [0.2, 0.25) is 0 Å². The van der Waals surface area contributed by atoms with Gasteiger partial charge in [-0.05, 0) is 48.9 Å². The van der Waals surface area contributed by atoms with Crippen LogP contribution in [0.4, 0.5) is 5.82 Å². The second-order valence-electron chi connectivity index (χ2n) is 7.85. The molecule has 0 atom stereocenters. The highest BCUT2D eigenvalue weighted by Gasteiger charge is 2.30. The van der Waals surface area contributed by atoms with Crippen molar-refractivity contribution in [3.05, 3.63) is 83.9 Å². The van der Waals surface area contributed by atoms with Gasteiger partial charge in [0.05, 0.1) is 29.6 Å². The van der Waals surface area contributed by atoms with Crippen LogP contribution in [-0.2, 0) is 16.4 Å². The number of methoxy groups -OCH3 is 1. The number of benzene rings is 3. The zero-order valence-corrected chi connectivity index (χ0v) is 19.0. The van der Waals surface area contributed by atoms with Gasteiger partial charge in [0.1, 0.15) is 22.0 Å². The third-order valence-corrected chi connectivity index (χ3v) is 7.48. The van der Waals surface area contributed by atoms with Gasteiger partial charge in [-0.3, -0.25) is 0 Å². The van der Waals surface area contributed by atoms with Crippen LogP contribution in [0, 0.1) is 6.92 Å². The Bertz CT molecular complexity index is 1590. The van der Waals surface area contributed by atoms with E-state index in [0.29, 0.717) is 23.2 Å². The molecule has 7 nitrogen and oxygen atoms in total. The molecule has 5 aromatic rings. The van der Waals surface area contributed by atoms with Gasteiger partial charge in [0.15, 0.2) is 5.65 Å². The Hall–Kier alpha value is -3.91. The number of nitrogens with two attached hydrogens (primary N) is 1. The fourth-order valence-corrected chi connectivity index (χ4v) is 5.37. The molecule has 0 spiro atoms. The smallest absolute Gasteiger partial charge is 0.212 e. The van der Waals surface area contributed by atoms with Crippen molar-refractivity contribution in [1.29, 1.82) is 0 Å². The molecule has 0 radical (unpaired) electrons. The second kappa shape index (κ2) is 7.90. The largest absolute Gasteiger partial charge is 0.497 e. The topological polar surface area (TPSA) is 100 Å². The van der Waals surface area contributed by atoms with E-state index in [4.69, 9.17) is 15.5 Å². The first-order valence-corrected chi connectivity index (χ1v) is 11.9. The monoisotopic (exact) mass is 458 g/mol. The first-order chi connectivity index (χ1) is 15.9. The number of aryl methyl sites for hydroxylation is 1. The van der Waals surface area contributed by atoms with Crippen molar-refractivity contribution in [2.75, 3.05) is 12.8 Å². The standard InChI is InChI=1S/C25H22N4O3S/c1-16-7-13-19(14-8-16)33(30,31)23-22-25(28-21-6-4-3-5-20(21)27-22)29(24(23)26)15-17-9-11-18(32-2)12-10-17/h3-14H,15,26H2,1-2H3. The number of para-hydroxylation sites is 2. The summed E-state index contributed by atoms with van der Waals surface area (Å²) in [5.41, 5.74) is 10.4. The zero-order chi connectivity index (χ0) is 23.2. The van der Waals surface area contributed by atoms with E-state index in [1.54, 1.807) is 42.0 Å². The Kier molecular flexibility index (Phi) is 5.02. The summed E-state index contributed by atoms with van der Waals surface area (Å²) in [5, 5.41) is 0. The van der Waals surface area contributed by atoms with Crippen LogP contribution in [0.3, 0.4) is 0 Å². The Morgan fingerprint density at radius 2 is 1.55 bits per heavy atom. The first kappa shape index (κ1) is 21.0. The predicted octanol–water partition coefficient (Wildman–Crippen LogP) is 4.36. The summed E-state index contributed by atoms with van der Waals surface area (Å²) in [4.78, 5) is 9.56. The molecule has 0 amide bonds. The molecule has 0 bridgehead atoms. The fourth-order valence-electron chi connectivity index (χ4n) is 3.86. The van der Waals surface area contributed by atoms with Crippen LogP contribution >= 0.6 is 0 Å². The van der Waals surface area contributed by atoms with E-state index in [0.717, 1.165) is 16.9 Å². The van der Waals surface area contributed by atoms with Gasteiger partial charge in [-0.1, -0.05) is 42.0 Å². The van der Waals surface area contributed by atoms with Crippen molar-refractivity contribution in [3.8, 4) is 5.75 Å². The maximum absolute atomic E-state index is 13.7. The molecular weight excluding hydrogens is 436 g/mol. The molecular formula is C25H22N4O3S. The van der Waals surface area contributed by atoms with Gasteiger partial charge in [-0.25, -0.2) is 18.4 Å². The average molecular weight is 459 g/mol. The fraction of sp³-hybridized carbons (Fsp3) is 0.120. The lowest BCUT2D eigenvalue weighted by molar-refractivity contribution is 0.414. The van der Waals surface area contributed by atoms with Crippen LogP contribution in [0.25, 0.3) is 22.2 Å². The molecule has 0 aliphatic carbocycles.